The molecule has 0 aromatic carbocycles. The number of aromatic nitrogens is 3. The van der Waals surface area contributed by atoms with Crippen LogP contribution in [0.25, 0.3) is 0 Å². The smallest absolute Gasteiger partial charge is 0.274 e. The first-order valence-electron chi connectivity index (χ1n) is 7.60. The predicted molar refractivity (Wildman–Crippen MR) is 84.9 cm³/mol. The van der Waals surface area contributed by atoms with Crippen molar-refractivity contribution in [1.29, 1.82) is 0 Å². The van der Waals surface area contributed by atoms with Crippen molar-refractivity contribution in [2.24, 2.45) is 7.05 Å². The van der Waals surface area contributed by atoms with Crippen molar-refractivity contribution in [3.05, 3.63) is 41.9 Å². The van der Waals surface area contributed by atoms with E-state index in [0.717, 1.165) is 31.7 Å². The fourth-order valence-corrected chi connectivity index (χ4v) is 2.96. The second kappa shape index (κ2) is 6.17. The molecule has 116 valence electrons. The third-order valence-corrected chi connectivity index (χ3v) is 4.15. The van der Waals surface area contributed by atoms with Crippen molar-refractivity contribution in [2.75, 3.05) is 25.5 Å². The zero-order valence-corrected chi connectivity index (χ0v) is 13.0. The number of hydrogen-bond donors (Lipinski definition) is 1. The van der Waals surface area contributed by atoms with Gasteiger partial charge >= 0.3 is 0 Å². The van der Waals surface area contributed by atoms with Crippen molar-refractivity contribution in [3.8, 4) is 0 Å². The van der Waals surface area contributed by atoms with E-state index >= 15 is 0 Å². The van der Waals surface area contributed by atoms with Crippen LogP contribution >= 0.6 is 0 Å². The molecule has 1 atom stereocenters. The number of amides is 1. The Bertz CT molecular complexity index is 666. The first-order valence-corrected chi connectivity index (χ1v) is 7.60. The van der Waals surface area contributed by atoms with E-state index in [2.05, 4.69) is 21.5 Å². The summed E-state index contributed by atoms with van der Waals surface area (Å²) < 4.78 is 1.66. The van der Waals surface area contributed by atoms with Crippen LogP contribution in [-0.2, 0) is 7.05 Å². The molecule has 6 nitrogen and oxygen atoms in total. The van der Waals surface area contributed by atoms with Gasteiger partial charge in [0.2, 0.25) is 0 Å². The van der Waals surface area contributed by atoms with Crippen LogP contribution in [0, 0.1) is 0 Å². The van der Waals surface area contributed by atoms with Gasteiger partial charge in [-0.05, 0) is 36.6 Å². The Hall–Kier alpha value is -2.37. The average Bonchev–Trinajstić information content (AvgIpc) is 3.01. The number of pyridine rings is 1. The number of carbonyl (C=O) groups is 1. The number of anilines is 1. The molecule has 22 heavy (non-hydrogen) atoms. The molecule has 0 aliphatic carbocycles. The highest BCUT2D eigenvalue weighted by Gasteiger charge is 2.26. The molecule has 2 aromatic rings. The summed E-state index contributed by atoms with van der Waals surface area (Å²) in [6.45, 7) is 1.54. The van der Waals surface area contributed by atoms with Crippen LogP contribution in [0.4, 0.5) is 5.82 Å². The summed E-state index contributed by atoms with van der Waals surface area (Å²) in [7, 11) is 3.69. The molecule has 2 aromatic heterocycles. The zero-order valence-electron chi connectivity index (χ0n) is 13.0. The number of piperidine rings is 1. The minimum Gasteiger partial charge on any atom is -0.373 e. The Morgan fingerprint density at radius 2 is 2.27 bits per heavy atom. The molecule has 0 spiro atoms. The van der Waals surface area contributed by atoms with Gasteiger partial charge in [0.05, 0.1) is 0 Å². The molecule has 1 N–H and O–H groups in total. The van der Waals surface area contributed by atoms with Crippen LogP contribution in [0.15, 0.2) is 30.6 Å². The molecular weight excluding hydrogens is 278 g/mol. The van der Waals surface area contributed by atoms with E-state index < -0.39 is 0 Å². The molecule has 1 saturated heterocycles. The highest BCUT2D eigenvalue weighted by atomic mass is 16.2. The van der Waals surface area contributed by atoms with Crippen molar-refractivity contribution in [1.82, 2.24) is 19.7 Å². The maximum Gasteiger partial charge on any atom is 0.274 e. The van der Waals surface area contributed by atoms with E-state index in [1.807, 2.05) is 31.3 Å². The van der Waals surface area contributed by atoms with Crippen molar-refractivity contribution < 1.29 is 4.79 Å². The minimum atomic E-state index is 0.0215. The highest BCUT2D eigenvalue weighted by molar-refractivity contribution is 5.92. The van der Waals surface area contributed by atoms with Gasteiger partial charge in [-0.3, -0.25) is 9.48 Å². The third kappa shape index (κ3) is 2.95. The van der Waals surface area contributed by atoms with Gasteiger partial charge in [-0.2, -0.15) is 5.10 Å². The number of likely N-dealkylation sites (tertiary alicyclic amines) is 1. The quantitative estimate of drug-likeness (QED) is 0.940. The Morgan fingerprint density at radius 1 is 1.41 bits per heavy atom. The number of aryl methyl sites for hydroxylation is 1. The summed E-state index contributed by atoms with van der Waals surface area (Å²) in [6.07, 6.45) is 5.73. The maximum absolute atomic E-state index is 12.5. The van der Waals surface area contributed by atoms with E-state index in [9.17, 15) is 4.79 Å². The summed E-state index contributed by atoms with van der Waals surface area (Å²) in [4.78, 5) is 18.7. The second-order valence-electron chi connectivity index (χ2n) is 5.69. The van der Waals surface area contributed by atoms with Crippen LogP contribution in [0.3, 0.4) is 0 Å². The van der Waals surface area contributed by atoms with Gasteiger partial charge in [0.1, 0.15) is 11.5 Å². The number of rotatable bonds is 3. The minimum absolute atomic E-state index is 0.0215. The molecular formula is C16H21N5O. The topological polar surface area (TPSA) is 63.1 Å². The van der Waals surface area contributed by atoms with Gasteiger partial charge in [0, 0.05) is 45.5 Å². The molecule has 3 rings (SSSR count). The van der Waals surface area contributed by atoms with Crippen LogP contribution in [0.1, 0.15) is 34.8 Å². The average molecular weight is 299 g/mol. The summed E-state index contributed by atoms with van der Waals surface area (Å²) >= 11 is 0. The standard InChI is InChI=1S/C16H21N5O/c1-17-15-10-12(5-7-18-15)13-4-3-8-21(11-13)16(22)14-6-9-20(2)19-14/h5-7,9-10,13H,3-4,8,11H2,1-2H3,(H,17,18)/t13-/m1/s1. The van der Waals surface area contributed by atoms with Crippen molar-refractivity contribution in [3.63, 3.8) is 0 Å². The number of nitrogens with zero attached hydrogens (tertiary/aromatic N) is 4. The van der Waals surface area contributed by atoms with Gasteiger partial charge in [0.15, 0.2) is 0 Å². The first-order chi connectivity index (χ1) is 10.7. The molecule has 3 heterocycles. The maximum atomic E-state index is 12.5. The molecule has 1 aliphatic heterocycles. The van der Waals surface area contributed by atoms with Crippen molar-refractivity contribution in [2.45, 2.75) is 18.8 Å². The molecule has 1 aliphatic rings. The largest absolute Gasteiger partial charge is 0.373 e. The van der Waals surface area contributed by atoms with Crippen LogP contribution in [-0.4, -0.2) is 45.7 Å². The van der Waals surface area contributed by atoms with Gasteiger partial charge < -0.3 is 10.2 Å². The molecule has 1 fully saturated rings. The summed E-state index contributed by atoms with van der Waals surface area (Å²) in [6, 6.07) is 5.89. The molecule has 0 saturated carbocycles. The van der Waals surface area contributed by atoms with E-state index in [4.69, 9.17) is 0 Å². The monoisotopic (exact) mass is 299 g/mol. The Balaban J connectivity index is 1.75. The van der Waals surface area contributed by atoms with Gasteiger partial charge in [-0.15, -0.1) is 0 Å². The van der Waals surface area contributed by atoms with E-state index in [-0.39, 0.29) is 5.91 Å². The zero-order chi connectivity index (χ0) is 15.5. The lowest BCUT2D eigenvalue weighted by molar-refractivity contribution is 0.0700. The third-order valence-electron chi connectivity index (χ3n) is 4.15. The van der Waals surface area contributed by atoms with Gasteiger partial charge in [0.25, 0.3) is 5.91 Å². The van der Waals surface area contributed by atoms with E-state index in [0.29, 0.717) is 11.6 Å². The van der Waals surface area contributed by atoms with E-state index in [1.54, 1.807) is 16.9 Å². The Kier molecular flexibility index (Phi) is 4.09. The van der Waals surface area contributed by atoms with Crippen LogP contribution in [0.2, 0.25) is 0 Å². The number of nitrogens with one attached hydrogen (secondary N) is 1. The van der Waals surface area contributed by atoms with Gasteiger partial charge in [-0.1, -0.05) is 0 Å². The lowest BCUT2D eigenvalue weighted by atomic mass is 9.91. The summed E-state index contributed by atoms with van der Waals surface area (Å²) in [5.41, 5.74) is 1.76. The fraction of sp³-hybridized carbons (Fsp3) is 0.438. The fourth-order valence-electron chi connectivity index (χ4n) is 2.96. The van der Waals surface area contributed by atoms with Crippen molar-refractivity contribution >= 4 is 11.7 Å². The summed E-state index contributed by atoms with van der Waals surface area (Å²) in [5, 5.41) is 7.28. The number of carbonyl (C=O) groups excluding carboxylic acids is 1. The Morgan fingerprint density at radius 3 is 3.00 bits per heavy atom. The van der Waals surface area contributed by atoms with Gasteiger partial charge in [-0.25, -0.2) is 4.98 Å². The second-order valence-corrected chi connectivity index (χ2v) is 5.69. The Labute approximate surface area is 130 Å². The molecule has 6 heteroatoms. The SMILES string of the molecule is CNc1cc([C@@H]2CCCN(C(=O)c3ccn(C)n3)C2)ccn1. The predicted octanol–water partition coefficient (Wildman–Crippen LogP) is 1.88. The highest BCUT2D eigenvalue weighted by Crippen LogP contribution is 2.28. The normalized spacial score (nSPS) is 18.3. The summed E-state index contributed by atoms with van der Waals surface area (Å²) in [5.74, 6) is 1.25. The molecule has 0 bridgehead atoms. The molecule has 0 radical (unpaired) electrons. The molecule has 0 unspecified atom stereocenters. The van der Waals surface area contributed by atoms with Crippen LogP contribution in [0.5, 0.6) is 0 Å². The number of hydrogen-bond acceptors (Lipinski definition) is 4. The lowest BCUT2D eigenvalue weighted by Crippen LogP contribution is -2.39. The lowest BCUT2D eigenvalue weighted by Gasteiger charge is -2.32. The first kappa shape index (κ1) is 14.6. The molecule has 1 amide bonds. The van der Waals surface area contributed by atoms with Crippen LogP contribution < -0.4 is 5.32 Å². The van der Waals surface area contributed by atoms with E-state index in [1.165, 1.54) is 5.56 Å².